The second kappa shape index (κ2) is 5.56. The van der Waals surface area contributed by atoms with Crippen molar-refractivity contribution in [1.29, 1.82) is 0 Å². The largest absolute Gasteiger partial charge is 0.386 e. The van der Waals surface area contributed by atoms with E-state index >= 15 is 0 Å². The van der Waals surface area contributed by atoms with Crippen molar-refractivity contribution in [2.45, 2.75) is 44.1 Å². The van der Waals surface area contributed by atoms with Gasteiger partial charge in [0.15, 0.2) is 0 Å². The molecule has 0 aliphatic carbocycles. The zero-order valence-electron chi connectivity index (χ0n) is 9.40. The van der Waals surface area contributed by atoms with Gasteiger partial charge < -0.3 is 5.11 Å². The maximum Gasteiger partial charge on any atom is 0.109 e. The van der Waals surface area contributed by atoms with Crippen LogP contribution in [-0.4, -0.2) is 25.9 Å². The van der Waals surface area contributed by atoms with Gasteiger partial charge in [0, 0.05) is 11.8 Å². The molecule has 0 bridgehead atoms. The molecule has 0 saturated carbocycles. The molecule has 90 valence electrons. The number of thioether (sulfide) groups is 1. The van der Waals surface area contributed by atoms with Gasteiger partial charge in [-0.2, -0.15) is 16.9 Å². The van der Waals surface area contributed by atoms with Gasteiger partial charge in [-0.1, -0.05) is 6.92 Å². The summed E-state index contributed by atoms with van der Waals surface area (Å²) >= 11 is 5.35. The quantitative estimate of drug-likeness (QED) is 0.929. The minimum absolute atomic E-state index is 0.337. The summed E-state index contributed by atoms with van der Waals surface area (Å²) in [5.74, 6) is 1.17. The van der Waals surface area contributed by atoms with Crippen LogP contribution in [0.15, 0.2) is 10.7 Å². The molecule has 3 nitrogen and oxygen atoms in total. The molecular formula is C11H17BrN2OS. The van der Waals surface area contributed by atoms with Gasteiger partial charge in [0.1, 0.15) is 6.10 Å². The van der Waals surface area contributed by atoms with Crippen LogP contribution in [0.4, 0.5) is 0 Å². The van der Waals surface area contributed by atoms with E-state index < -0.39 is 6.10 Å². The van der Waals surface area contributed by atoms with Crippen molar-refractivity contribution >= 4 is 27.7 Å². The number of hydrogen-bond donors (Lipinski definition) is 1. The number of rotatable bonds is 4. The molecule has 5 heteroatoms. The van der Waals surface area contributed by atoms with E-state index in [1.54, 1.807) is 6.20 Å². The van der Waals surface area contributed by atoms with Gasteiger partial charge in [-0.25, -0.2) is 0 Å². The van der Waals surface area contributed by atoms with Crippen LogP contribution < -0.4 is 0 Å². The Morgan fingerprint density at radius 1 is 1.75 bits per heavy atom. The number of hydrogen-bond acceptors (Lipinski definition) is 3. The highest BCUT2D eigenvalue weighted by Gasteiger charge is 2.29. The summed E-state index contributed by atoms with van der Waals surface area (Å²) in [5.41, 5.74) is 0.946. The van der Waals surface area contributed by atoms with Crippen molar-refractivity contribution in [2.24, 2.45) is 0 Å². The van der Waals surface area contributed by atoms with E-state index in [4.69, 9.17) is 0 Å². The molecule has 1 aromatic rings. The highest BCUT2D eigenvalue weighted by atomic mass is 79.9. The third-order valence-corrected chi connectivity index (χ3v) is 4.92. The summed E-state index contributed by atoms with van der Waals surface area (Å²) in [6.45, 7) is 2.99. The van der Waals surface area contributed by atoms with Gasteiger partial charge in [0.05, 0.1) is 16.4 Å². The topological polar surface area (TPSA) is 38.0 Å². The summed E-state index contributed by atoms with van der Waals surface area (Å²) in [6.07, 6.45) is 4.75. The number of aromatic nitrogens is 2. The van der Waals surface area contributed by atoms with Crippen LogP contribution in [0.1, 0.15) is 38.0 Å². The first-order valence-corrected chi connectivity index (χ1v) is 7.59. The summed E-state index contributed by atoms with van der Waals surface area (Å²) in [7, 11) is 0. The lowest BCUT2D eigenvalue weighted by atomic mass is 10.1. The number of halogens is 1. The van der Waals surface area contributed by atoms with E-state index in [2.05, 4.69) is 28.0 Å². The monoisotopic (exact) mass is 304 g/mol. The molecular weight excluding hydrogens is 288 g/mol. The smallest absolute Gasteiger partial charge is 0.109 e. The lowest BCUT2D eigenvalue weighted by molar-refractivity contribution is 0.161. The normalized spacial score (nSPS) is 22.6. The fourth-order valence-electron chi connectivity index (χ4n) is 2.08. The molecule has 2 atom stereocenters. The Balaban J connectivity index is 2.19. The van der Waals surface area contributed by atoms with Crippen molar-refractivity contribution in [3.05, 3.63) is 16.4 Å². The zero-order chi connectivity index (χ0) is 11.5. The fourth-order valence-corrected chi connectivity index (χ4v) is 3.90. The molecule has 1 fully saturated rings. The fraction of sp³-hybridized carbons (Fsp3) is 0.727. The third kappa shape index (κ3) is 2.46. The molecule has 0 amide bonds. The third-order valence-electron chi connectivity index (χ3n) is 2.87. The molecule has 16 heavy (non-hydrogen) atoms. The van der Waals surface area contributed by atoms with E-state index in [9.17, 15) is 5.11 Å². The summed E-state index contributed by atoms with van der Waals surface area (Å²) in [6, 6.07) is 0. The maximum atomic E-state index is 10.4. The number of nitrogens with zero attached hydrogens (tertiary/aromatic N) is 2. The molecule has 2 heterocycles. The molecule has 1 aromatic heterocycles. The molecule has 1 aliphatic heterocycles. The van der Waals surface area contributed by atoms with E-state index in [1.807, 2.05) is 16.4 Å². The van der Waals surface area contributed by atoms with Crippen molar-refractivity contribution in [3.8, 4) is 0 Å². The molecule has 0 aromatic carbocycles. The first kappa shape index (κ1) is 12.5. The highest BCUT2D eigenvalue weighted by molar-refractivity contribution is 9.10. The number of aliphatic hydroxyl groups excluding tert-OH is 1. The predicted molar refractivity (Wildman–Crippen MR) is 70.7 cm³/mol. The SMILES string of the molecule is CCCn1ncc(Br)c1C(O)C1CCCS1. The van der Waals surface area contributed by atoms with E-state index in [0.717, 1.165) is 29.6 Å². The summed E-state index contributed by atoms with van der Waals surface area (Å²) < 4.78 is 2.86. The van der Waals surface area contributed by atoms with Gasteiger partial charge >= 0.3 is 0 Å². The Kier molecular flexibility index (Phi) is 4.33. The first-order chi connectivity index (χ1) is 7.74. The lowest BCUT2D eigenvalue weighted by Gasteiger charge is -2.19. The molecule has 1 N–H and O–H groups in total. The number of aliphatic hydroxyl groups is 1. The van der Waals surface area contributed by atoms with Crippen LogP contribution in [0.25, 0.3) is 0 Å². The second-order valence-electron chi connectivity index (χ2n) is 4.10. The van der Waals surface area contributed by atoms with Gasteiger partial charge in [-0.3, -0.25) is 4.68 Å². The van der Waals surface area contributed by atoms with Gasteiger partial charge in [0.25, 0.3) is 0 Å². The Bertz CT molecular complexity index is 350. The second-order valence-corrected chi connectivity index (χ2v) is 6.30. The molecule has 0 radical (unpaired) electrons. The van der Waals surface area contributed by atoms with Crippen molar-refractivity contribution in [1.82, 2.24) is 9.78 Å². The predicted octanol–water partition coefficient (Wildman–Crippen LogP) is 2.98. The van der Waals surface area contributed by atoms with Crippen LogP contribution in [0.5, 0.6) is 0 Å². The molecule has 1 aliphatic rings. The standard InChI is InChI=1S/C11H17BrN2OS/c1-2-5-14-10(8(12)7-13-14)11(15)9-4-3-6-16-9/h7,9,11,15H,2-6H2,1H3. The molecule has 2 unspecified atom stereocenters. The van der Waals surface area contributed by atoms with Crippen molar-refractivity contribution in [2.75, 3.05) is 5.75 Å². The minimum atomic E-state index is -0.393. The van der Waals surface area contributed by atoms with E-state index in [0.29, 0.717) is 5.25 Å². The zero-order valence-corrected chi connectivity index (χ0v) is 11.8. The van der Waals surface area contributed by atoms with Gasteiger partial charge in [-0.15, -0.1) is 0 Å². The molecule has 2 rings (SSSR count). The average Bonchev–Trinajstić information content (AvgIpc) is 2.88. The summed E-state index contributed by atoms with van der Waals surface area (Å²) in [5, 5.41) is 15.0. The Hall–Kier alpha value is -0.0000000000000000555. The van der Waals surface area contributed by atoms with Crippen LogP contribution in [0, 0.1) is 0 Å². The van der Waals surface area contributed by atoms with Crippen LogP contribution in [0.3, 0.4) is 0 Å². The average molecular weight is 305 g/mol. The van der Waals surface area contributed by atoms with Crippen molar-refractivity contribution in [3.63, 3.8) is 0 Å². The first-order valence-electron chi connectivity index (χ1n) is 5.75. The lowest BCUT2D eigenvalue weighted by Crippen LogP contribution is -2.17. The molecule has 0 spiro atoms. The Labute approximate surface area is 109 Å². The van der Waals surface area contributed by atoms with E-state index in [1.165, 1.54) is 12.2 Å². The summed E-state index contributed by atoms with van der Waals surface area (Å²) in [4.78, 5) is 0. The van der Waals surface area contributed by atoms with Crippen molar-refractivity contribution < 1.29 is 5.11 Å². The number of aryl methyl sites for hydroxylation is 1. The van der Waals surface area contributed by atoms with Gasteiger partial charge in [0.2, 0.25) is 0 Å². The highest BCUT2D eigenvalue weighted by Crippen LogP contribution is 2.38. The van der Waals surface area contributed by atoms with Crippen LogP contribution in [-0.2, 0) is 6.54 Å². The minimum Gasteiger partial charge on any atom is -0.386 e. The van der Waals surface area contributed by atoms with Crippen LogP contribution in [0.2, 0.25) is 0 Å². The van der Waals surface area contributed by atoms with Crippen LogP contribution >= 0.6 is 27.7 Å². The maximum absolute atomic E-state index is 10.4. The van der Waals surface area contributed by atoms with E-state index in [-0.39, 0.29) is 0 Å². The Morgan fingerprint density at radius 3 is 3.19 bits per heavy atom. The van der Waals surface area contributed by atoms with Gasteiger partial charge in [-0.05, 0) is 40.9 Å². The molecule has 1 saturated heterocycles. The Morgan fingerprint density at radius 2 is 2.56 bits per heavy atom.